The van der Waals surface area contributed by atoms with E-state index in [9.17, 15) is 0 Å². The SMILES string of the molecule is C#Cc1c(C#CCCCCCC)sc2ccccc12. The van der Waals surface area contributed by atoms with Gasteiger partial charge in [0.15, 0.2) is 0 Å². The summed E-state index contributed by atoms with van der Waals surface area (Å²) in [6.07, 6.45) is 11.6. The normalized spacial score (nSPS) is 9.89. The summed E-state index contributed by atoms with van der Waals surface area (Å²) < 4.78 is 1.23. The molecule has 0 radical (unpaired) electrons. The zero-order valence-electron chi connectivity index (χ0n) is 11.3. The Labute approximate surface area is 119 Å². The highest BCUT2D eigenvalue weighted by Gasteiger charge is 2.07. The fraction of sp³-hybridized carbons (Fsp3) is 0.333. The van der Waals surface area contributed by atoms with Gasteiger partial charge in [0.25, 0.3) is 0 Å². The molecule has 0 saturated carbocycles. The van der Waals surface area contributed by atoms with Crippen LogP contribution in [0.3, 0.4) is 0 Å². The molecule has 96 valence electrons. The van der Waals surface area contributed by atoms with E-state index in [2.05, 4.69) is 36.8 Å². The summed E-state index contributed by atoms with van der Waals surface area (Å²) in [6.45, 7) is 2.22. The van der Waals surface area contributed by atoms with Crippen LogP contribution in [-0.4, -0.2) is 0 Å². The first-order valence-corrected chi connectivity index (χ1v) is 7.65. The maximum absolute atomic E-state index is 5.62. The van der Waals surface area contributed by atoms with Gasteiger partial charge in [-0.2, -0.15) is 0 Å². The Kier molecular flexibility index (Phi) is 5.08. The lowest BCUT2D eigenvalue weighted by Crippen LogP contribution is -1.76. The van der Waals surface area contributed by atoms with Crippen LogP contribution in [0.15, 0.2) is 24.3 Å². The summed E-state index contributed by atoms with van der Waals surface area (Å²) in [5.74, 6) is 9.31. The minimum absolute atomic E-state index is 0.960. The molecule has 0 atom stereocenters. The van der Waals surface area contributed by atoms with E-state index in [4.69, 9.17) is 6.42 Å². The molecule has 2 rings (SSSR count). The fourth-order valence-electron chi connectivity index (χ4n) is 2.06. The van der Waals surface area contributed by atoms with Crippen LogP contribution in [0.4, 0.5) is 0 Å². The Morgan fingerprint density at radius 1 is 1.16 bits per heavy atom. The van der Waals surface area contributed by atoms with Gasteiger partial charge in [0.1, 0.15) is 0 Å². The number of terminal acetylenes is 1. The van der Waals surface area contributed by atoms with Crippen LogP contribution in [0, 0.1) is 24.2 Å². The zero-order chi connectivity index (χ0) is 13.5. The molecule has 0 unspecified atom stereocenters. The second-order valence-corrected chi connectivity index (χ2v) is 5.61. The highest BCUT2D eigenvalue weighted by molar-refractivity contribution is 7.19. The average molecular weight is 266 g/mol. The van der Waals surface area contributed by atoms with Gasteiger partial charge in [-0.25, -0.2) is 0 Å². The second-order valence-electron chi connectivity index (χ2n) is 4.56. The van der Waals surface area contributed by atoms with E-state index in [0.29, 0.717) is 0 Å². The van der Waals surface area contributed by atoms with Crippen molar-refractivity contribution in [1.29, 1.82) is 0 Å². The first-order chi connectivity index (χ1) is 9.36. The van der Waals surface area contributed by atoms with Gasteiger partial charge < -0.3 is 0 Å². The van der Waals surface area contributed by atoms with Crippen LogP contribution in [0.25, 0.3) is 10.1 Å². The van der Waals surface area contributed by atoms with Crippen molar-refractivity contribution in [3.8, 4) is 24.2 Å². The molecule has 0 fully saturated rings. The largest absolute Gasteiger partial charge is 0.125 e. The Balaban J connectivity index is 2.13. The van der Waals surface area contributed by atoms with E-state index in [0.717, 1.165) is 22.2 Å². The van der Waals surface area contributed by atoms with Gasteiger partial charge >= 0.3 is 0 Å². The van der Waals surface area contributed by atoms with Gasteiger partial charge in [-0.1, -0.05) is 62.1 Å². The molecule has 0 aliphatic carbocycles. The van der Waals surface area contributed by atoms with Crippen molar-refractivity contribution in [1.82, 2.24) is 0 Å². The molecular formula is C18H18S. The molecule has 0 amide bonds. The topological polar surface area (TPSA) is 0 Å². The van der Waals surface area contributed by atoms with Gasteiger partial charge in [-0.3, -0.25) is 0 Å². The summed E-state index contributed by atoms with van der Waals surface area (Å²) in [6, 6.07) is 8.25. The van der Waals surface area contributed by atoms with Crippen LogP contribution in [0.5, 0.6) is 0 Å². The maximum atomic E-state index is 5.62. The number of rotatable bonds is 4. The maximum Gasteiger partial charge on any atom is 0.0937 e. The Morgan fingerprint density at radius 2 is 2.00 bits per heavy atom. The van der Waals surface area contributed by atoms with Crippen molar-refractivity contribution < 1.29 is 0 Å². The van der Waals surface area contributed by atoms with Crippen LogP contribution >= 0.6 is 11.3 Å². The van der Waals surface area contributed by atoms with E-state index in [1.54, 1.807) is 11.3 Å². The number of benzene rings is 1. The molecule has 1 heteroatoms. The van der Waals surface area contributed by atoms with E-state index in [1.807, 2.05) is 12.1 Å². The first kappa shape index (κ1) is 13.7. The molecule has 0 aliphatic rings. The summed E-state index contributed by atoms with van der Waals surface area (Å²) in [7, 11) is 0. The molecule has 0 bridgehead atoms. The average Bonchev–Trinajstić information content (AvgIpc) is 2.80. The third kappa shape index (κ3) is 3.40. The van der Waals surface area contributed by atoms with Crippen LogP contribution in [0.2, 0.25) is 0 Å². The number of hydrogen-bond acceptors (Lipinski definition) is 1. The number of hydrogen-bond donors (Lipinski definition) is 0. The van der Waals surface area contributed by atoms with E-state index >= 15 is 0 Å². The molecule has 0 N–H and O–H groups in total. The van der Waals surface area contributed by atoms with Gasteiger partial charge in [0, 0.05) is 16.5 Å². The van der Waals surface area contributed by atoms with E-state index in [-0.39, 0.29) is 0 Å². The van der Waals surface area contributed by atoms with Crippen molar-refractivity contribution >= 4 is 21.4 Å². The molecule has 1 aromatic heterocycles. The molecule has 2 aromatic rings. The summed E-state index contributed by atoms with van der Waals surface area (Å²) in [5, 5.41) is 1.16. The van der Waals surface area contributed by atoms with Crippen LogP contribution in [-0.2, 0) is 0 Å². The monoisotopic (exact) mass is 266 g/mol. The highest BCUT2D eigenvalue weighted by Crippen LogP contribution is 2.29. The summed E-state index contributed by atoms with van der Waals surface area (Å²) in [4.78, 5) is 1.04. The predicted molar refractivity (Wildman–Crippen MR) is 85.4 cm³/mol. The molecule has 0 saturated heterocycles. The van der Waals surface area contributed by atoms with E-state index < -0.39 is 0 Å². The molecule has 1 heterocycles. The van der Waals surface area contributed by atoms with Crippen molar-refractivity contribution in [2.45, 2.75) is 39.0 Å². The third-order valence-electron chi connectivity index (χ3n) is 3.10. The standard InChI is InChI=1S/C18H18S/c1-3-5-6-7-8-9-13-17-15(4-2)16-12-10-11-14-18(16)19-17/h2,10-12,14H,3,5-8H2,1H3. The third-order valence-corrected chi connectivity index (χ3v) is 4.18. The smallest absolute Gasteiger partial charge is 0.0937 e. The molecule has 19 heavy (non-hydrogen) atoms. The lowest BCUT2D eigenvalue weighted by molar-refractivity contribution is 0.679. The van der Waals surface area contributed by atoms with Crippen LogP contribution < -0.4 is 0 Å². The lowest BCUT2D eigenvalue weighted by atomic mass is 10.1. The molecule has 0 aliphatic heterocycles. The van der Waals surface area contributed by atoms with Crippen molar-refractivity contribution in [2.24, 2.45) is 0 Å². The summed E-state index contributed by atoms with van der Waals surface area (Å²) in [5.41, 5.74) is 0.960. The number of unbranched alkanes of at least 4 members (excludes halogenated alkanes) is 4. The molecule has 0 nitrogen and oxygen atoms in total. The molecular weight excluding hydrogens is 248 g/mol. The number of thiophene rings is 1. The van der Waals surface area contributed by atoms with Gasteiger partial charge in [0.05, 0.1) is 10.4 Å². The first-order valence-electron chi connectivity index (χ1n) is 6.83. The van der Waals surface area contributed by atoms with Gasteiger partial charge in [0.2, 0.25) is 0 Å². The Morgan fingerprint density at radius 3 is 2.79 bits per heavy atom. The van der Waals surface area contributed by atoms with Crippen molar-refractivity contribution in [3.63, 3.8) is 0 Å². The second kappa shape index (κ2) is 7.03. The number of fused-ring (bicyclic) bond motifs is 1. The Hall–Kier alpha value is -1.70. The predicted octanol–water partition coefficient (Wildman–Crippen LogP) is 5.20. The van der Waals surface area contributed by atoms with Crippen LogP contribution in [0.1, 0.15) is 49.5 Å². The fourth-order valence-corrected chi connectivity index (χ4v) is 3.10. The van der Waals surface area contributed by atoms with E-state index in [1.165, 1.54) is 30.4 Å². The lowest BCUT2D eigenvalue weighted by Gasteiger charge is -1.92. The van der Waals surface area contributed by atoms with Gasteiger partial charge in [-0.05, 0) is 12.5 Å². The quantitative estimate of drug-likeness (QED) is 0.527. The zero-order valence-corrected chi connectivity index (χ0v) is 12.1. The van der Waals surface area contributed by atoms with Crippen molar-refractivity contribution in [2.75, 3.05) is 0 Å². The summed E-state index contributed by atoms with van der Waals surface area (Å²) >= 11 is 1.70. The highest BCUT2D eigenvalue weighted by atomic mass is 32.1. The molecule has 1 aromatic carbocycles. The minimum Gasteiger partial charge on any atom is -0.125 e. The van der Waals surface area contributed by atoms with Crippen molar-refractivity contribution in [3.05, 3.63) is 34.7 Å². The molecule has 0 spiro atoms. The Bertz CT molecular complexity index is 644. The minimum atomic E-state index is 0.960. The van der Waals surface area contributed by atoms with Gasteiger partial charge in [-0.15, -0.1) is 17.8 Å².